The fraction of sp³-hybridized carbons (Fsp3) is 0.320. The summed E-state index contributed by atoms with van der Waals surface area (Å²) in [5.74, 6) is -0.789. The van der Waals surface area contributed by atoms with Crippen molar-refractivity contribution in [3.8, 4) is 11.4 Å². The third-order valence-corrected chi connectivity index (χ3v) is 5.82. The second-order valence-electron chi connectivity index (χ2n) is 8.28. The van der Waals surface area contributed by atoms with Crippen LogP contribution in [0.4, 0.5) is 11.4 Å². The predicted molar refractivity (Wildman–Crippen MR) is 132 cm³/mol. The Hall–Kier alpha value is -4.41. The molecule has 4 rings (SSSR count). The van der Waals surface area contributed by atoms with Crippen molar-refractivity contribution >= 4 is 23.3 Å². The predicted octanol–water partition coefficient (Wildman–Crippen LogP) is 2.99. The summed E-state index contributed by atoms with van der Waals surface area (Å²) in [5, 5.41) is 15.1. The number of esters is 1. The minimum atomic E-state index is -0.688. The summed E-state index contributed by atoms with van der Waals surface area (Å²) in [6.07, 6.45) is 1.45. The molecule has 188 valence electrons. The molecule has 36 heavy (non-hydrogen) atoms. The number of nitro groups is 1. The number of amides is 1. The molecular formula is C25H27N5O6. The number of benzene rings is 2. The number of aromatic nitrogens is 2. The molecule has 2 heterocycles. The van der Waals surface area contributed by atoms with Gasteiger partial charge in [0.25, 0.3) is 11.6 Å². The van der Waals surface area contributed by atoms with Gasteiger partial charge in [-0.25, -0.2) is 9.48 Å². The van der Waals surface area contributed by atoms with Gasteiger partial charge in [-0.05, 0) is 43.7 Å². The third kappa shape index (κ3) is 5.62. The first-order valence-corrected chi connectivity index (χ1v) is 11.6. The zero-order valence-electron chi connectivity index (χ0n) is 20.1. The molecule has 1 amide bonds. The maximum absolute atomic E-state index is 12.8. The Bertz CT molecular complexity index is 1250. The first-order valence-electron chi connectivity index (χ1n) is 11.6. The molecule has 0 unspecified atom stereocenters. The van der Waals surface area contributed by atoms with Crippen molar-refractivity contribution in [2.24, 2.45) is 0 Å². The number of ether oxygens (including phenoxy) is 2. The number of non-ortho nitro benzene ring substituents is 1. The molecule has 0 atom stereocenters. The molecule has 2 aromatic carbocycles. The van der Waals surface area contributed by atoms with Crippen LogP contribution >= 0.6 is 0 Å². The van der Waals surface area contributed by atoms with E-state index in [-0.39, 0.29) is 36.3 Å². The topological polar surface area (TPSA) is 120 Å². The van der Waals surface area contributed by atoms with Crippen molar-refractivity contribution in [1.82, 2.24) is 14.7 Å². The highest BCUT2D eigenvalue weighted by Crippen LogP contribution is 2.23. The van der Waals surface area contributed by atoms with Gasteiger partial charge in [0.15, 0.2) is 12.4 Å². The second kappa shape index (κ2) is 10.9. The minimum absolute atomic E-state index is 0.0684. The van der Waals surface area contributed by atoms with E-state index in [1.165, 1.54) is 40.7 Å². The zero-order chi connectivity index (χ0) is 25.7. The van der Waals surface area contributed by atoms with Gasteiger partial charge in [-0.2, -0.15) is 5.10 Å². The molecule has 1 saturated heterocycles. The van der Waals surface area contributed by atoms with Gasteiger partial charge in [0, 0.05) is 44.0 Å². The standard InChI is InChI=1S/C25H27N5O6/c1-3-35-25(32)24-22(16-29(26-24)19-7-9-20(10-8-19)30(33)34)36-17-23(31)28-13-11-27(12-14-28)21-6-4-5-18(2)15-21/h4-10,15-16H,3,11-14,17H2,1-2H3. The van der Waals surface area contributed by atoms with E-state index in [2.05, 4.69) is 35.1 Å². The lowest BCUT2D eigenvalue weighted by molar-refractivity contribution is -0.384. The van der Waals surface area contributed by atoms with Crippen molar-refractivity contribution in [2.45, 2.75) is 13.8 Å². The number of nitrogens with zero attached hydrogens (tertiary/aromatic N) is 5. The molecule has 1 aliphatic heterocycles. The smallest absolute Gasteiger partial charge is 0.362 e. The van der Waals surface area contributed by atoms with E-state index in [1.54, 1.807) is 11.8 Å². The Balaban J connectivity index is 1.42. The molecular weight excluding hydrogens is 466 g/mol. The van der Waals surface area contributed by atoms with Crippen LogP contribution in [-0.4, -0.2) is 70.9 Å². The number of anilines is 1. The largest absolute Gasteiger partial charge is 0.480 e. The molecule has 1 fully saturated rings. The molecule has 0 saturated carbocycles. The highest BCUT2D eigenvalue weighted by atomic mass is 16.6. The van der Waals surface area contributed by atoms with E-state index in [9.17, 15) is 19.7 Å². The first-order chi connectivity index (χ1) is 17.4. The lowest BCUT2D eigenvalue weighted by Gasteiger charge is -2.36. The first kappa shape index (κ1) is 24.7. The number of nitro benzene ring substituents is 1. The van der Waals surface area contributed by atoms with Crippen LogP contribution in [0.1, 0.15) is 23.0 Å². The summed E-state index contributed by atoms with van der Waals surface area (Å²) < 4.78 is 12.1. The van der Waals surface area contributed by atoms with Crippen LogP contribution < -0.4 is 9.64 Å². The quantitative estimate of drug-likeness (QED) is 0.267. The lowest BCUT2D eigenvalue weighted by atomic mass is 10.2. The fourth-order valence-corrected chi connectivity index (χ4v) is 3.93. The average Bonchev–Trinajstić information content (AvgIpc) is 3.32. The maximum Gasteiger partial charge on any atom is 0.362 e. The molecule has 0 aliphatic carbocycles. The van der Waals surface area contributed by atoms with Gasteiger partial charge in [0.05, 0.1) is 23.4 Å². The van der Waals surface area contributed by atoms with Gasteiger partial charge in [-0.15, -0.1) is 0 Å². The van der Waals surface area contributed by atoms with Gasteiger partial charge in [0.2, 0.25) is 5.69 Å². The second-order valence-corrected chi connectivity index (χ2v) is 8.28. The van der Waals surface area contributed by atoms with Gasteiger partial charge >= 0.3 is 5.97 Å². The minimum Gasteiger partial charge on any atom is -0.480 e. The van der Waals surface area contributed by atoms with Crippen molar-refractivity contribution in [3.05, 3.63) is 76.1 Å². The summed E-state index contributed by atoms with van der Waals surface area (Å²) >= 11 is 0. The Morgan fingerprint density at radius 1 is 1.06 bits per heavy atom. The van der Waals surface area contributed by atoms with E-state index < -0.39 is 10.9 Å². The van der Waals surface area contributed by atoms with Crippen LogP contribution in [0, 0.1) is 17.0 Å². The Morgan fingerprint density at radius 2 is 1.78 bits per heavy atom. The summed E-state index contributed by atoms with van der Waals surface area (Å²) in [7, 11) is 0. The molecule has 3 aromatic rings. The molecule has 11 nitrogen and oxygen atoms in total. The van der Waals surface area contributed by atoms with Crippen molar-refractivity contribution < 1.29 is 24.0 Å². The molecule has 0 N–H and O–H groups in total. The summed E-state index contributed by atoms with van der Waals surface area (Å²) in [6, 6.07) is 13.9. The fourth-order valence-electron chi connectivity index (χ4n) is 3.93. The highest BCUT2D eigenvalue weighted by molar-refractivity contribution is 5.90. The lowest BCUT2D eigenvalue weighted by Crippen LogP contribution is -2.50. The number of carbonyl (C=O) groups is 2. The number of hydrogen-bond acceptors (Lipinski definition) is 8. The zero-order valence-corrected chi connectivity index (χ0v) is 20.1. The Kier molecular flexibility index (Phi) is 7.47. The number of aryl methyl sites for hydroxylation is 1. The Morgan fingerprint density at radius 3 is 2.42 bits per heavy atom. The van der Waals surface area contributed by atoms with Gasteiger partial charge in [-0.1, -0.05) is 12.1 Å². The van der Waals surface area contributed by atoms with Crippen LogP contribution in [0.2, 0.25) is 0 Å². The third-order valence-electron chi connectivity index (χ3n) is 5.82. The van der Waals surface area contributed by atoms with Crippen LogP contribution in [0.5, 0.6) is 5.75 Å². The SMILES string of the molecule is CCOC(=O)c1nn(-c2ccc([N+](=O)[O-])cc2)cc1OCC(=O)N1CCN(c2cccc(C)c2)CC1. The van der Waals surface area contributed by atoms with Crippen LogP contribution in [0.15, 0.2) is 54.7 Å². The molecule has 1 aromatic heterocycles. The summed E-state index contributed by atoms with van der Waals surface area (Å²) in [4.78, 5) is 39.6. The normalized spacial score (nSPS) is 13.4. The summed E-state index contributed by atoms with van der Waals surface area (Å²) in [6.45, 7) is 6.14. The number of carbonyl (C=O) groups excluding carboxylic acids is 2. The maximum atomic E-state index is 12.8. The van der Waals surface area contributed by atoms with E-state index in [0.717, 1.165) is 5.69 Å². The highest BCUT2D eigenvalue weighted by Gasteiger charge is 2.25. The molecule has 0 spiro atoms. The van der Waals surface area contributed by atoms with E-state index in [4.69, 9.17) is 9.47 Å². The van der Waals surface area contributed by atoms with Crippen molar-refractivity contribution in [3.63, 3.8) is 0 Å². The van der Waals surface area contributed by atoms with Crippen LogP contribution in [0.3, 0.4) is 0 Å². The Labute approximate surface area is 208 Å². The van der Waals surface area contributed by atoms with E-state index >= 15 is 0 Å². The monoisotopic (exact) mass is 493 g/mol. The van der Waals surface area contributed by atoms with Crippen molar-refractivity contribution in [1.29, 1.82) is 0 Å². The molecule has 0 bridgehead atoms. The van der Waals surface area contributed by atoms with Crippen LogP contribution in [-0.2, 0) is 9.53 Å². The van der Waals surface area contributed by atoms with Gasteiger partial charge < -0.3 is 19.3 Å². The van der Waals surface area contributed by atoms with Gasteiger partial charge in [-0.3, -0.25) is 14.9 Å². The van der Waals surface area contributed by atoms with Crippen molar-refractivity contribution in [2.75, 3.05) is 44.3 Å². The van der Waals surface area contributed by atoms with Crippen LogP contribution in [0.25, 0.3) is 5.69 Å². The van der Waals surface area contributed by atoms with E-state index in [1.807, 2.05) is 6.07 Å². The van der Waals surface area contributed by atoms with E-state index in [0.29, 0.717) is 31.9 Å². The number of rotatable bonds is 8. The number of piperazine rings is 1. The average molecular weight is 494 g/mol. The molecule has 0 radical (unpaired) electrons. The number of hydrogen-bond donors (Lipinski definition) is 0. The molecule has 1 aliphatic rings. The van der Waals surface area contributed by atoms with Gasteiger partial charge in [0.1, 0.15) is 0 Å². The summed E-state index contributed by atoms with van der Waals surface area (Å²) in [5.41, 5.74) is 2.66. The molecule has 11 heteroatoms.